The Hall–Kier alpha value is -1.71. The maximum absolute atomic E-state index is 10.9. The molecule has 0 radical (unpaired) electrons. The van der Waals surface area contributed by atoms with Gasteiger partial charge in [-0.1, -0.05) is 13.3 Å². The third-order valence-corrected chi connectivity index (χ3v) is 2.30. The van der Waals surface area contributed by atoms with Crippen LogP contribution in [-0.2, 0) is 9.53 Å². The van der Waals surface area contributed by atoms with Gasteiger partial charge in [-0.2, -0.15) is 0 Å². The largest absolute Gasteiger partial charge is 0.482 e. The predicted octanol–water partition coefficient (Wildman–Crippen LogP) is 2.45. The predicted molar refractivity (Wildman–Crippen MR) is 67.4 cm³/mol. The minimum atomic E-state index is -0.379. The molecule has 1 N–H and O–H groups in total. The van der Waals surface area contributed by atoms with Crippen molar-refractivity contribution in [1.82, 2.24) is 0 Å². The van der Waals surface area contributed by atoms with E-state index in [9.17, 15) is 4.79 Å². The molecule has 0 aliphatic rings. The number of hydrogen-bond acceptors (Lipinski definition) is 4. The van der Waals surface area contributed by atoms with Crippen LogP contribution in [0.2, 0.25) is 0 Å². The lowest BCUT2D eigenvalue weighted by atomic mass is 10.3. The zero-order valence-electron chi connectivity index (χ0n) is 10.4. The molecular weight excluding hydrogens is 218 g/mol. The number of anilines is 1. The van der Waals surface area contributed by atoms with Crippen LogP contribution >= 0.6 is 0 Å². The molecule has 0 saturated carbocycles. The molecule has 0 unspecified atom stereocenters. The number of rotatable bonds is 7. The number of hydrogen-bond donors (Lipinski definition) is 1. The monoisotopic (exact) mass is 237 g/mol. The summed E-state index contributed by atoms with van der Waals surface area (Å²) in [5.74, 6) is 0.284. The second-order valence-electron chi connectivity index (χ2n) is 3.67. The van der Waals surface area contributed by atoms with Gasteiger partial charge in [0.15, 0.2) is 6.61 Å². The van der Waals surface area contributed by atoms with E-state index in [1.54, 1.807) is 0 Å². The van der Waals surface area contributed by atoms with Crippen LogP contribution in [0.15, 0.2) is 24.3 Å². The van der Waals surface area contributed by atoms with Crippen molar-refractivity contribution >= 4 is 11.7 Å². The molecule has 0 amide bonds. The number of carbonyl (C=O) groups is 1. The molecular formula is C13H19NO3. The van der Waals surface area contributed by atoms with Crippen molar-refractivity contribution in [2.75, 3.05) is 25.6 Å². The smallest absolute Gasteiger partial charge is 0.343 e. The third-order valence-electron chi connectivity index (χ3n) is 2.30. The Morgan fingerprint density at radius 3 is 2.59 bits per heavy atom. The topological polar surface area (TPSA) is 47.6 Å². The van der Waals surface area contributed by atoms with Crippen LogP contribution in [0.1, 0.15) is 19.8 Å². The summed E-state index contributed by atoms with van der Waals surface area (Å²) in [5, 5.41) is 3.30. The summed E-state index contributed by atoms with van der Waals surface area (Å²) >= 11 is 0. The summed E-state index contributed by atoms with van der Waals surface area (Å²) in [6.07, 6.45) is 2.33. The maximum atomic E-state index is 10.9. The van der Waals surface area contributed by atoms with Gasteiger partial charge in [-0.25, -0.2) is 4.79 Å². The van der Waals surface area contributed by atoms with E-state index >= 15 is 0 Å². The Labute approximate surface area is 102 Å². The molecule has 0 atom stereocenters. The van der Waals surface area contributed by atoms with E-state index in [1.807, 2.05) is 24.3 Å². The first-order valence-corrected chi connectivity index (χ1v) is 5.79. The van der Waals surface area contributed by atoms with Gasteiger partial charge in [0.25, 0.3) is 0 Å². The van der Waals surface area contributed by atoms with Gasteiger partial charge in [-0.05, 0) is 30.7 Å². The second kappa shape index (κ2) is 7.54. The average Bonchev–Trinajstić information content (AvgIpc) is 2.37. The average molecular weight is 237 g/mol. The zero-order chi connectivity index (χ0) is 12.5. The molecule has 0 spiro atoms. The molecule has 1 aromatic carbocycles. The van der Waals surface area contributed by atoms with Crippen molar-refractivity contribution in [1.29, 1.82) is 0 Å². The van der Waals surface area contributed by atoms with Crippen LogP contribution in [0.5, 0.6) is 5.75 Å². The van der Waals surface area contributed by atoms with Crippen molar-refractivity contribution in [2.45, 2.75) is 19.8 Å². The van der Waals surface area contributed by atoms with Gasteiger partial charge >= 0.3 is 5.97 Å². The summed E-state index contributed by atoms with van der Waals surface area (Å²) in [6, 6.07) is 7.53. The number of unbranched alkanes of at least 4 members (excludes halogenated alkanes) is 1. The summed E-state index contributed by atoms with van der Waals surface area (Å²) in [6.45, 7) is 3.07. The highest BCUT2D eigenvalue weighted by molar-refractivity contribution is 5.70. The van der Waals surface area contributed by atoms with Crippen LogP contribution in [0.3, 0.4) is 0 Å². The van der Waals surface area contributed by atoms with Crippen molar-refractivity contribution in [3.63, 3.8) is 0 Å². The standard InChI is InChI=1S/C13H19NO3/c1-3-4-9-14-11-5-7-12(8-6-11)17-10-13(15)16-2/h5-8,14H,3-4,9-10H2,1-2H3. The molecule has 4 heteroatoms. The highest BCUT2D eigenvalue weighted by Gasteiger charge is 2.01. The van der Waals surface area contributed by atoms with Gasteiger partial charge < -0.3 is 14.8 Å². The summed E-state index contributed by atoms with van der Waals surface area (Å²) < 4.78 is 9.72. The van der Waals surface area contributed by atoms with Crippen LogP contribution in [-0.4, -0.2) is 26.2 Å². The fourth-order valence-electron chi connectivity index (χ4n) is 1.28. The third kappa shape index (κ3) is 5.24. The van der Waals surface area contributed by atoms with Crippen LogP contribution in [0, 0.1) is 0 Å². The molecule has 0 heterocycles. The van der Waals surface area contributed by atoms with Crippen molar-refractivity contribution in [3.05, 3.63) is 24.3 Å². The summed E-state index contributed by atoms with van der Waals surface area (Å²) in [5.41, 5.74) is 1.06. The fourth-order valence-corrected chi connectivity index (χ4v) is 1.28. The molecule has 1 aromatic rings. The minimum Gasteiger partial charge on any atom is -0.482 e. The Morgan fingerprint density at radius 2 is 2.00 bits per heavy atom. The van der Waals surface area contributed by atoms with E-state index < -0.39 is 0 Å². The zero-order valence-corrected chi connectivity index (χ0v) is 10.4. The van der Waals surface area contributed by atoms with Crippen molar-refractivity contribution in [3.8, 4) is 5.75 Å². The van der Waals surface area contributed by atoms with E-state index in [2.05, 4.69) is 17.0 Å². The van der Waals surface area contributed by atoms with Gasteiger partial charge in [0, 0.05) is 12.2 Å². The molecule has 0 fully saturated rings. The molecule has 0 aromatic heterocycles. The van der Waals surface area contributed by atoms with Gasteiger partial charge in [-0.3, -0.25) is 0 Å². The molecule has 94 valence electrons. The molecule has 0 aliphatic carbocycles. The van der Waals surface area contributed by atoms with E-state index in [1.165, 1.54) is 13.5 Å². The van der Waals surface area contributed by atoms with Gasteiger partial charge in [0.2, 0.25) is 0 Å². The Morgan fingerprint density at radius 1 is 1.29 bits per heavy atom. The number of benzene rings is 1. The van der Waals surface area contributed by atoms with E-state index in [0.29, 0.717) is 5.75 Å². The Bertz CT molecular complexity index is 335. The van der Waals surface area contributed by atoms with Crippen LogP contribution in [0.4, 0.5) is 5.69 Å². The fraction of sp³-hybridized carbons (Fsp3) is 0.462. The van der Waals surface area contributed by atoms with E-state index in [0.717, 1.165) is 18.7 Å². The van der Waals surface area contributed by atoms with Gasteiger partial charge in [0.05, 0.1) is 7.11 Å². The summed E-state index contributed by atoms with van der Waals surface area (Å²) in [4.78, 5) is 10.9. The molecule has 0 bridgehead atoms. The SMILES string of the molecule is CCCCNc1ccc(OCC(=O)OC)cc1. The maximum Gasteiger partial charge on any atom is 0.343 e. The lowest BCUT2D eigenvalue weighted by Gasteiger charge is -2.07. The van der Waals surface area contributed by atoms with Gasteiger partial charge in [0.1, 0.15) is 5.75 Å². The number of carbonyl (C=O) groups excluding carboxylic acids is 1. The molecule has 4 nitrogen and oxygen atoms in total. The highest BCUT2D eigenvalue weighted by Crippen LogP contribution is 2.15. The number of esters is 1. The lowest BCUT2D eigenvalue weighted by molar-refractivity contribution is -0.142. The first-order chi connectivity index (χ1) is 8.26. The normalized spacial score (nSPS) is 9.76. The minimum absolute atomic E-state index is 0.0564. The quantitative estimate of drug-likeness (QED) is 0.584. The first kappa shape index (κ1) is 13.4. The van der Waals surface area contributed by atoms with Crippen LogP contribution < -0.4 is 10.1 Å². The number of nitrogens with one attached hydrogen (secondary N) is 1. The highest BCUT2D eigenvalue weighted by atomic mass is 16.6. The Balaban J connectivity index is 2.36. The van der Waals surface area contributed by atoms with Crippen molar-refractivity contribution < 1.29 is 14.3 Å². The first-order valence-electron chi connectivity index (χ1n) is 5.79. The number of methoxy groups -OCH3 is 1. The van der Waals surface area contributed by atoms with E-state index in [-0.39, 0.29) is 12.6 Å². The molecule has 0 saturated heterocycles. The molecule has 1 rings (SSSR count). The Kier molecular flexibility index (Phi) is 5.93. The van der Waals surface area contributed by atoms with Crippen molar-refractivity contribution in [2.24, 2.45) is 0 Å². The summed E-state index contributed by atoms with van der Waals surface area (Å²) in [7, 11) is 1.34. The lowest BCUT2D eigenvalue weighted by Crippen LogP contribution is -2.12. The van der Waals surface area contributed by atoms with Gasteiger partial charge in [-0.15, -0.1) is 0 Å². The number of ether oxygens (including phenoxy) is 2. The molecule has 17 heavy (non-hydrogen) atoms. The van der Waals surface area contributed by atoms with Crippen LogP contribution in [0.25, 0.3) is 0 Å². The molecule has 0 aliphatic heterocycles. The van der Waals surface area contributed by atoms with E-state index in [4.69, 9.17) is 4.74 Å². The second-order valence-corrected chi connectivity index (χ2v) is 3.67.